The van der Waals surface area contributed by atoms with Crippen LogP contribution in [-0.4, -0.2) is 32.2 Å². The van der Waals surface area contributed by atoms with Gasteiger partial charge in [0.15, 0.2) is 5.78 Å². The number of fused-ring (bicyclic) bond motifs is 1. The molecule has 1 aliphatic heterocycles. The Hall–Kier alpha value is -1.89. The molecule has 0 spiro atoms. The summed E-state index contributed by atoms with van der Waals surface area (Å²) in [5, 5.41) is 0.328. The van der Waals surface area contributed by atoms with Crippen LogP contribution in [0.1, 0.15) is 27.9 Å². The average Bonchev–Trinajstić information content (AvgIpc) is 2.75. The normalized spacial score (nSPS) is 15.6. The second-order valence-electron chi connectivity index (χ2n) is 5.96. The van der Waals surface area contributed by atoms with Crippen molar-refractivity contribution in [3.63, 3.8) is 0 Å². The molecule has 0 unspecified atom stereocenters. The highest BCUT2D eigenvalue weighted by molar-refractivity contribution is 7.89. The zero-order valence-electron chi connectivity index (χ0n) is 14.0. The summed E-state index contributed by atoms with van der Waals surface area (Å²) in [6, 6.07) is 9.87. The first-order valence-corrected chi connectivity index (χ1v) is 9.61. The number of methoxy groups -OCH3 is 1. The third-order valence-electron chi connectivity index (χ3n) is 4.29. The van der Waals surface area contributed by atoms with E-state index >= 15 is 0 Å². The van der Waals surface area contributed by atoms with Crippen LogP contribution in [0.3, 0.4) is 0 Å². The molecule has 0 atom stereocenters. The van der Waals surface area contributed by atoms with E-state index in [2.05, 4.69) is 0 Å². The summed E-state index contributed by atoms with van der Waals surface area (Å²) in [5.74, 6) is 0.337. The van der Waals surface area contributed by atoms with E-state index in [1.165, 1.54) is 11.4 Å². The minimum atomic E-state index is -3.71. The molecule has 0 saturated carbocycles. The van der Waals surface area contributed by atoms with Crippen LogP contribution >= 0.6 is 11.6 Å². The lowest BCUT2D eigenvalue weighted by atomic mass is 10.0. The monoisotopic (exact) mass is 379 g/mol. The fraction of sp³-hybridized carbons (Fsp3) is 0.278. The van der Waals surface area contributed by atoms with Gasteiger partial charge in [-0.05, 0) is 36.8 Å². The predicted molar refractivity (Wildman–Crippen MR) is 95.7 cm³/mol. The van der Waals surface area contributed by atoms with E-state index in [4.69, 9.17) is 16.3 Å². The summed E-state index contributed by atoms with van der Waals surface area (Å²) < 4.78 is 32.4. The van der Waals surface area contributed by atoms with Gasteiger partial charge in [-0.2, -0.15) is 4.31 Å². The first-order chi connectivity index (χ1) is 11.8. The van der Waals surface area contributed by atoms with Gasteiger partial charge in [-0.3, -0.25) is 4.79 Å². The van der Waals surface area contributed by atoms with Crippen molar-refractivity contribution >= 4 is 27.4 Å². The molecule has 0 fully saturated rings. The van der Waals surface area contributed by atoms with E-state index in [0.29, 0.717) is 21.9 Å². The van der Waals surface area contributed by atoms with Gasteiger partial charge < -0.3 is 4.74 Å². The molecule has 0 aliphatic carbocycles. The number of sulfonamides is 1. The number of hydrogen-bond acceptors (Lipinski definition) is 4. The second-order valence-corrected chi connectivity index (χ2v) is 8.31. The predicted octanol–water partition coefficient (Wildman–Crippen LogP) is 3.43. The fourth-order valence-corrected chi connectivity index (χ4v) is 4.50. The van der Waals surface area contributed by atoms with E-state index in [1.807, 2.05) is 6.92 Å². The molecule has 1 aliphatic rings. The molecule has 0 aromatic heterocycles. The van der Waals surface area contributed by atoms with Gasteiger partial charge in [-0.15, -0.1) is 0 Å². The second kappa shape index (κ2) is 6.78. The smallest absolute Gasteiger partial charge is 0.243 e. The largest absolute Gasteiger partial charge is 0.497 e. The number of ketones is 1. The van der Waals surface area contributed by atoms with Crippen LogP contribution in [0.15, 0.2) is 41.3 Å². The SMILES string of the molecule is COc1cc(Cl)c2c(c1)C(=O)CCN(S(=O)(=O)c1ccc(C)cc1)C2. The molecule has 0 N–H and O–H groups in total. The van der Waals surface area contributed by atoms with Crippen molar-refractivity contribution < 1.29 is 17.9 Å². The van der Waals surface area contributed by atoms with Crippen molar-refractivity contribution in [1.82, 2.24) is 4.31 Å². The number of Topliss-reactive ketones (excluding diaryl/α,β-unsaturated/α-hetero) is 1. The minimum Gasteiger partial charge on any atom is -0.497 e. The number of rotatable bonds is 3. The summed E-state index contributed by atoms with van der Waals surface area (Å²) in [6.07, 6.45) is 0.0988. The molecule has 2 aromatic carbocycles. The fourth-order valence-electron chi connectivity index (χ4n) is 2.82. The highest BCUT2D eigenvalue weighted by Gasteiger charge is 2.31. The molecular formula is C18H18ClNO4S. The van der Waals surface area contributed by atoms with Crippen molar-refractivity contribution in [1.29, 1.82) is 0 Å². The van der Waals surface area contributed by atoms with Crippen molar-refractivity contribution in [3.8, 4) is 5.75 Å². The van der Waals surface area contributed by atoms with Gasteiger partial charge in [-0.25, -0.2) is 8.42 Å². The van der Waals surface area contributed by atoms with Crippen LogP contribution in [-0.2, 0) is 16.6 Å². The number of benzene rings is 2. The van der Waals surface area contributed by atoms with Gasteiger partial charge in [0.05, 0.1) is 12.0 Å². The third-order valence-corrected chi connectivity index (χ3v) is 6.48. The summed E-state index contributed by atoms with van der Waals surface area (Å²) in [4.78, 5) is 12.7. The molecule has 1 heterocycles. The minimum absolute atomic E-state index is 0.0557. The van der Waals surface area contributed by atoms with Crippen molar-refractivity contribution in [2.24, 2.45) is 0 Å². The Morgan fingerprint density at radius 3 is 2.48 bits per heavy atom. The van der Waals surface area contributed by atoms with Gasteiger partial charge in [0.25, 0.3) is 0 Å². The molecule has 132 valence electrons. The lowest BCUT2D eigenvalue weighted by Crippen LogP contribution is -2.31. The number of nitrogens with zero attached hydrogens (tertiary/aromatic N) is 1. The van der Waals surface area contributed by atoms with Crippen LogP contribution in [0.5, 0.6) is 5.75 Å². The Balaban J connectivity index is 2.03. The van der Waals surface area contributed by atoms with E-state index in [0.717, 1.165) is 5.56 Å². The average molecular weight is 380 g/mol. The molecule has 0 amide bonds. The maximum absolute atomic E-state index is 12.9. The molecule has 3 rings (SSSR count). The van der Waals surface area contributed by atoms with E-state index in [-0.39, 0.29) is 30.2 Å². The van der Waals surface area contributed by atoms with Gasteiger partial charge in [0.1, 0.15) is 5.75 Å². The number of halogens is 1. The van der Waals surface area contributed by atoms with E-state index in [1.54, 1.807) is 36.4 Å². The van der Waals surface area contributed by atoms with Crippen LogP contribution in [0, 0.1) is 6.92 Å². The molecule has 0 radical (unpaired) electrons. The molecule has 0 bridgehead atoms. The van der Waals surface area contributed by atoms with Crippen molar-refractivity contribution in [2.45, 2.75) is 24.8 Å². The Labute approximate surface area is 152 Å². The van der Waals surface area contributed by atoms with Gasteiger partial charge in [0.2, 0.25) is 10.0 Å². The molecule has 25 heavy (non-hydrogen) atoms. The van der Waals surface area contributed by atoms with E-state index < -0.39 is 10.0 Å². The quantitative estimate of drug-likeness (QED) is 0.819. The Kier molecular flexibility index (Phi) is 4.86. The number of hydrogen-bond donors (Lipinski definition) is 0. The van der Waals surface area contributed by atoms with Gasteiger partial charge in [-0.1, -0.05) is 29.3 Å². The number of carbonyl (C=O) groups excluding carboxylic acids is 1. The highest BCUT2D eigenvalue weighted by atomic mass is 35.5. The van der Waals surface area contributed by atoms with E-state index in [9.17, 15) is 13.2 Å². The number of ether oxygens (including phenoxy) is 1. The van der Waals surface area contributed by atoms with Crippen LogP contribution in [0.25, 0.3) is 0 Å². The zero-order chi connectivity index (χ0) is 18.2. The topological polar surface area (TPSA) is 63.7 Å². The summed E-state index contributed by atoms with van der Waals surface area (Å²) >= 11 is 6.29. The standard InChI is InChI=1S/C18H18ClNO4S/c1-12-3-5-14(6-4-12)25(22,23)20-8-7-18(21)15-9-13(24-2)10-17(19)16(15)11-20/h3-6,9-10H,7-8,11H2,1-2H3. The number of carbonyl (C=O) groups is 1. The van der Waals surface area contributed by atoms with Crippen molar-refractivity contribution in [2.75, 3.05) is 13.7 Å². The van der Waals surface area contributed by atoms with Crippen LogP contribution in [0.2, 0.25) is 5.02 Å². The molecule has 7 heteroatoms. The van der Waals surface area contributed by atoms with Gasteiger partial charge in [0, 0.05) is 30.1 Å². The molecule has 2 aromatic rings. The summed E-state index contributed by atoms with van der Waals surface area (Å²) in [5.41, 5.74) is 1.91. The maximum Gasteiger partial charge on any atom is 0.243 e. The zero-order valence-corrected chi connectivity index (χ0v) is 15.5. The third kappa shape index (κ3) is 3.42. The summed E-state index contributed by atoms with van der Waals surface area (Å²) in [7, 11) is -2.22. The lowest BCUT2D eigenvalue weighted by Gasteiger charge is -2.21. The van der Waals surface area contributed by atoms with Crippen LogP contribution < -0.4 is 4.74 Å². The first-order valence-electron chi connectivity index (χ1n) is 7.79. The lowest BCUT2D eigenvalue weighted by molar-refractivity contribution is 0.0981. The van der Waals surface area contributed by atoms with Crippen molar-refractivity contribution in [3.05, 3.63) is 58.1 Å². The number of aryl methyl sites for hydroxylation is 1. The molecular weight excluding hydrogens is 362 g/mol. The molecule has 0 saturated heterocycles. The summed E-state index contributed by atoms with van der Waals surface area (Å²) in [6.45, 7) is 2.06. The highest BCUT2D eigenvalue weighted by Crippen LogP contribution is 2.32. The molecule has 5 nitrogen and oxygen atoms in total. The van der Waals surface area contributed by atoms with Crippen LogP contribution in [0.4, 0.5) is 0 Å². The van der Waals surface area contributed by atoms with Gasteiger partial charge >= 0.3 is 0 Å². The Bertz CT molecular complexity index is 923. The Morgan fingerprint density at radius 1 is 1.16 bits per heavy atom. The maximum atomic E-state index is 12.9. The first kappa shape index (κ1) is 17.9. The Morgan fingerprint density at radius 2 is 1.84 bits per heavy atom.